The number of hydrazone groups is 1. The Labute approximate surface area is 157 Å². The third-order valence-corrected chi connectivity index (χ3v) is 4.37. The van der Waals surface area contributed by atoms with E-state index in [1.165, 1.54) is 18.3 Å². The first-order chi connectivity index (χ1) is 13.0. The number of nitrogens with zero attached hydrogens (tertiary/aromatic N) is 6. The summed E-state index contributed by atoms with van der Waals surface area (Å²) in [5.41, 5.74) is 5.40. The van der Waals surface area contributed by atoms with Crippen molar-refractivity contribution in [2.75, 3.05) is 5.43 Å². The molecule has 4 aromatic rings. The Morgan fingerprint density at radius 3 is 2.89 bits per heavy atom. The fraction of sp³-hybridized carbons (Fsp3) is 0.0588. The SMILES string of the molecule is Cn1c2ccccc2c2nnc(N/N=C\c3ccc(Cl)c([N+](=O)[O-])c3)nc21. The Bertz CT molecular complexity index is 1220. The summed E-state index contributed by atoms with van der Waals surface area (Å²) in [5.74, 6) is 0.216. The van der Waals surface area contributed by atoms with Crippen molar-refractivity contribution in [2.24, 2.45) is 12.1 Å². The Hall–Kier alpha value is -3.59. The minimum atomic E-state index is -0.547. The van der Waals surface area contributed by atoms with Crippen LogP contribution in [0.25, 0.3) is 22.1 Å². The summed E-state index contributed by atoms with van der Waals surface area (Å²) in [5, 5.41) is 24.2. The van der Waals surface area contributed by atoms with Crippen molar-refractivity contribution in [3.8, 4) is 0 Å². The molecular weight excluding hydrogens is 370 g/mol. The van der Waals surface area contributed by atoms with Crippen LogP contribution >= 0.6 is 11.6 Å². The van der Waals surface area contributed by atoms with Crippen LogP contribution in [0.1, 0.15) is 5.56 Å². The summed E-state index contributed by atoms with van der Waals surface area (Å²) in [6, 6.07) is 12.2. The average Bonchev–Trinajstić information content (AvgIpc) is 2.95. The molecule has 2 heterocycles. The second-order valence-electron chi connectivity index (χ2n) is 5.72. The molecule has 0 atom stereocenters. The number of benzene rings is 2. The molecular formula is C17H12ClN7O2. The van der Waals surface area contributed by atoms with E-state index in [-0.39, 0.29) is 16.7 Å². The first kappa shape index (κ1) is 16.9. The summed E-state index contributed by atoms with van der Waals surface area (Å²) in [7, 11) is 1.90. The van der Waals surface area contributed by atoms with Gasteiger partial charge in [-0.2, -0.15) is 10.1 Å². The second kappa shape index (κ2) is 6.61. The number of para-hydroxylation sites is 1. The van der Waals surface area contributed by atoms with Gasteiger partial charge in [-0.05, 0) is 12.1 Å². The number of nitro benzene ring substituents is 1. The number of rotatable bonds is 4. The molecule has 0 aliphatic carbocycles. The number of fused-ring (bicyclic) bond motifs is 3. The number of nitrogens with one attached hydrogen (secondary N) is 1. The molecule has 0 saturated heterocycles. The molecule has 0 bridgehead atoms. The molecule has 0 amide bonds. The van der Waals surface area contributed by atoms with E-state index in [9.17, 15) is 10.1 Å². The van der Waals surface area contributed by atoms with Gasteiger partial charge < -0.3 is 4.57 Å². The van der Waals surface area contributed by atoms with Crippen LogP contribution in [0.5, 0.6) is 0 Å². The summed E-state index contributed by atoms with van der Waals surface area (Å²) in [6.07, 6.45) is 1.42. The molecule has 0 fully saturated rings. The molecule has 0 unspecified atom stereocenters. The van der Waals surface area contributed by atoms with Crippen LogP contribution in [0.4, 0.5) is 11.6 Å². The van der Waals surface area contributed by atoms with Gasteiger partial charge in [0.1, 0.15) is 10.5 Å². The molecule has 134 valence electrons. The van der Waals surface area contributed by atoms with Crippen LogP contribution in [0, 0.1) is 10.1 Å². The predicted octanol–water partition coefficient (Wildman–Crippen LogP) is 3.52. The average molecular weight is 382 g/mol. The zero-order valence-corrected chi connectivity index (χ0v) is 14.8. The van der Waals surface area contributed by atoms with Crippen LogP contribution in [0.15, 0.2) is 47.6 Å². The van der Waals surface area contributed by atoms with Crippen LogP contribution in [-0.4, -0.2) is 30.9 Å². The monoisotopic (exact) mass is 381 g/mol. The van der Waals surface area contributed by atoms with E-state index < -0.39 is 4.92 Å². The number of anilines is 1. The number of hydrogen-bond acceptors (Lipinski definition) is 7. The molecule has 2 aromatic heterocycles. The lowest BCUT2D eigenvalue weighted by molar-refractivity contribution is -0.384. The molecule has 0 aliphatic rings. The number of aromatic nitrogens is 4. The standard InChI is InChI=1S/C17H12ClN7O2/c1-24-13-5-3-2-4-11(13)15-16(24)20-17(23-21-15)22-19-9-10-6-7-12(18)14(8-10)25(26)27/h2-9H,1H3,(H,20,22,23)/b19-9-. The van der Waals surface area contributed by atoms with Gasteiger partial charge in [0.25, 0.3) is 11.6 Å². The quantitative estimate of drug-likeness (QED) is 0.329. The zero-order valence-electron chi connectivity index (χ0n) is 14.0. The Balaban J connectivity index is 1.62. The number of aryl methyl sites for hydroxylation is 1. The lowest BCUT2D eigenvalue weighted by Gasteiger charge is -2.00. The van der Waals surface area contributed by atoms with Crippen molar-refractivity contribution in [1.82, 2.24) is 19.7 Å². The molecule has 0 aliphatic heterocycles. The normalized spacial score (nSPS) is 11.5. The van der Waals surface area contributed by atoms with Crippen molar-refractivity contribution in [2.45, 2.75) is 0 Å². The highest BCUT2D eigenvalue weighted by Crippen LogP contribution is 2.25. The summed E-state index contributed by atoms with van der Waals surface area (Å²) >= 11 is 5.79. The van der Waals surface area contributed by atoms with E-state index in [4.69, 9.17) is 11.6 Å². The highest BCUT2D eigenvalue weighted by molar-refractivity contribution is 6.32. The van der Waals surface area contributed by atoms with E-state index in [1.54, 1.807) is 6.07 Å². The van der Waals surface area contributed by atoms with E-state index in [0.29, 0.717) is 16.7 Å². The lowest BCUT2D eigenvalue weighted by Crippen LogP contribution is -2.01. The number of nitro groups is 1. The van der Waals surface area contributed by atoms with Gasteiger partial charge in [-0.15, -0.1) is 10.2 Å². The van der Waals surface area contributed by atoms with Crippen molar-refractivity contribution in [1.29, 1.82) is 0 Å². The van der Waals surface area contributed by atoms with E-state index in [0.717, 1.165) is 10.9 Å². The molecule has 1 N–H and O–H groups in total. The molecule has 4 rings (SSSR count). The van der Waals surface area contributed by atoms with E-state index in [2.05, 4.69) is 25.7 Å². The second-order valence-corrected chi connectivity index (χ2v) is 6.13. The van der Waals surface area contributed by atoms with Gasteiger partial charge >= 0.3 is 0 Å². The van der Waals surface area contributed by atoms with Crippen molar-refractivity contribution < 1.29 is 4.92 Å². The third-order valence-electron chi connectivity index (χ3n) is 4.05. The highest BCUT2D eigenvalue weighted by atomic mass is 35.5. The molecule has 10 heteroatoms. The molecule has 0 radical (unpaired) electrons. The van der Waals surface area contributed by atoms with Gasteiger partial charge in [-0.25, -0.2) is 5.43 Å². The minimum absolute atomic E-state index is 0.0684. The summed E-state index contributed by atoms with van der Waals surface area (Å²) in [6.45, 7) is 0. The maximum absolute atomic E-state index is 10.9. The highest BCUT2D eigenvalue weighted by Gasteiger charge is 2.13. The zero-order chi connectivity index (χ0) is 19.0. The summed E-state index contributed by atoms with van der Waals surface area (Å²) < 4.78 is 1.93. The topological polar surface area (TPSA) is 111 Å². The first-order valence-corrected chi connectivity index (χ1v) is 8.23. The molecule has 27 heavy (non-hydrogen) atoms. The fourth-order valence-electron chi connectivity index (χ4n) is 2.77. The minimum Gasteiger partial charge on any atom is -0.327 e. The third kappa shape index (κ3) is 3.04. The molecule has 0 saturated carbocycles. The van der Waals surface area contributed by atoms with Gasteiger partial charge in [0.05, 0.1) is 16.7 Å². The smallest absolute Gasteiger partial charge is 0.288 e. The summed E-state index contributed by atoms with van der Waals surface area (Å²) in [4.78, 5) is 14.8. The van der Waals surface area contributed by atoms with Gasteiger partial charge in [0, 0.05) is 24.1 Å². The van der Waals surface area contributed by atoms with Gasteiger partial charge in [-0.1, -0.05) is 35.9 Å². The van der Waals surface area contributed by atoms with Crippen LogP contribution in [-0.2, 0) is 7.05 Å². The largest absolute Gasteiger partial charge is 0.327 e. The van der Waals surface area contributed by atoms with Crippen LogP contribution < -0.4 is 5.43 Å². The maximum atomic E-state index is 10.9. The van der Waals surface area contributed by atoms with Crippen LogP contribution in [0.2, 0.25) is 5.02 Å². The number of halogens is 1. The first-order valence-electron chi connectivity index (χ1n) is 7.85. The lowest BCUT2D eigenvalue weighted by atomic mass is 10.2. The van der Waals surface area contributed by atoms with Crippen molar-refractivity contribution in [3.63, 3.8) is 0 Å². The Morgan fingerprint density at radius 2 is 2.07 bits per heavy atom. The maximum Gasteiger partial charge on any atom is 0.288 e. The number of hydrogen-bond donors (Lipinski definition) is 1. The van der Waals surface area contributed by atoms with Crippen LogP contribution in [0.3, 0.4) is 0 Å². The van der Waals surface area contributed by atoms with E-state index >= 15 is 0 Å². The molecule has 2 aromatic carbocycles. The molecule has 0 spiro atoms. The van der Waals surface area contributed by atoms with Crippen molar-refractivity contribution in [3.05, 3.63) is 63.2 Å². The van der Waals surface area contributed by atoms with Crippen molar-refractivity contribution >= 4 is 51.5 Å². The van der Waals surface area contributed by atoms with Gasteiger partial charge in [-0.3, -0.25) is 10.1 Å². The predicted molar refractivity (Wildman–Crippen MR) is 103 cm³/mol. The van der Waals surface area contributed by atoms with E-state index in [1.807, 2.05) is 35.9 Å². The van der Waals surface area contributed by atoms with Gasteiger partial charge in [0.2, 0.25) is 0 Å². The Kier molecular flexibility index (Phi) is 4.13. The van der Waals surface area contributed by atoms with Gasteiger partial charge in [0.15, 0.2) is 5.65 Å². The molecule has 9 nitrogen and oxygen atoms in total. The fourth-order valence-corrected chi connectivity index (χ4v) is 2.95. The Morgan fingerprint density at radius 1 is 1.26 bits per heavy atom.